The predicted octanol–water partition coefficient (Wildman–Crippen LogP) is 2.32. The first-order chi connectivity index (χ1) is 9.31. The molecule has 19 heavy (non-hydrogen) atoms. The molecule has 0 aromatic carbocycles. The van der Waals surface area contributed by atoms with E-state index in [4.69, 9.17) is 10.5 Å². The summed E-state index contributed by atoms with van der Waals surface area (Å²) < 4.78 is 7.55. The van der Waals surface area contributed by atoms with Crippen molar-refractivity contribution in [1.29, 1.82) is 0 Å². The number of hydrogen-bond acceptors (Lipinski definition) is 5. The highest BCUT2D eigenvalue weighted by Crippen LogP contribution is 2.20. The normalized spacial score (nSPS) is 18.8. The van der Waals surface area contributed by atoms with Crippen molar-refractivity contribution in [2.45, 2.75) is 32.0 Å². The number of aromatic nitrogens is 2. The number of nitrogens with one attached hydrogen (secondary N) is 1. The van der Waals surface area contributed by atoms with E-state index in [9.17, 15) is 0 Å². The van der Waals surface area contributed by atoms with Crippen molar-refractivity contribution in [3.63, 3.8) is 0 Å². The second kappa shape index (κ2) is 5.63. The molecule has 1 aliphatic rings. The lowest BCUT2D eigenvalue weighted by molar-refractivity contribution is 0.0940. The van der Waals surface area contributed by atoms with Crippen LogP contribution in [0.4, 0.5) is 11.4 Å². The Morgan fingerprint density at radius 2 is 2.53 bits per heavy atom. The Morgan fingerprint density at radius 3 is 3.26 bits per heavy atom. The van der Waals surface area contributed by atoms with Gasteiger partial charge in [-0.05, 0) is 24.3 Å². The number of nitrogens with zero attached hydrogens (tertiary/aromatic N) is 2. The summed E-state index contributed by atoms with van der Waals surface area (Å²) >= 11 is 1.67. The molecule has 2 aromatic heterocycles. The molecule has 0 amide bonds. The van der Waals surface area contributed by atoms with Crippen LogP contribution in [0.25, 0.3) is 0 Å². The molecule has 0 bridgehead atoms. The summed E-state index contributed by atoms with van der Waals surface area (Å²) in [5.41, 5.74) is 7.72. The van der Waals surface area contributed by atoms with E-state index >= 15 is 0 Å². The first kappa shape index (κ1) is 12.5. The Balaban J connectivity index is 1.54. The first-order valence-electron chi connectivity index (χ1n) is 6.51. The highest BCUT2D eigenvalue weighted by molar-refractivity contribution is 7.10. The van der Waals surface area contributed by atoms with Crippen molar-refractivity contribution >= 4 is 22.7 Å². The average Bonchev–Trinajstić information content (AvgIpc) is 3.10. The van der Waals surface area contributed by atoms with Crippen molar-refractivity contribution in [3.8, 4) is 0 Å². The van der Waals surface area contributed by atoms with Crippen LogP contribution in [0.5, 0.6) is 0 Å². The summed E-state index contributed by atoms with van der Waals surface area (Å²) in [6, 6.07) is 1.93. The lowest BCUT2D eigenvalue weighted by Crippen LogP contribution is -2.15. The van der Waals surface area contributed by atoms with Crippen molar-refractivity contribution in [2.75, 3.05) is 17.7 Å². The first-order valence-corrected chi connectivity index (χ1v) is 7.39. The molecule has 0 radical (unpaired) electrons. The van der Waals surface area contributed by atoms with Crippen LogP contribution in [0.15, 0.2) is 23.8 Å². The quantitative estimate of drug-likeness (QED) is 0.881. The topological polar surface area (TPSA) is 65.1 Å². The third kappa shape index (κ3) is 3.08. The van der Waals surface area contributed by atoms with Crippen molar-refractivity contribution < 1.29 is 4.74 Å². The highest BCUT2D eigenvalue weighted by Gasteiger charge is 2.16. The maximum atomic E-state index is 5.85. The number of nitrogens with two attached hydrogens (primary N) is 1. The smallest absolute Gasteiger partial charge is 0.0771 e. The fraction of sp³-hybridized carbons (Fsp3) is 0.462. The zero-order chi connectivity index (χ0) is 13.1. The minimum absolute atomic E-state index is 0.320. The molecular formula is C13H18N4OS. The summed E-state index contributed by atoms with van der Waals surface area (Å²) in [6.45, 7) is 2.46. The maximum Gasteiger partial charge on any atom is 0.0771 e. The van der Waals surface area contributed by atoms with Gasteiger partial charge in [0.25, 0.3) is 0 Å². The van der Waals surface area contributed by atoms with Crippen LogP contribution in [-0.2, 0) is 17.8 Å². The van der Waals surface area contributed by atoms with Gasteiger partial charge in [0.05, 0.1) is 31.1 Å². The molecule has 0 saturated carbocycles. The van der Waals surface area contributed by atoms with Gasteiger partial charge in [-0.25, -0.2) is 0 Å². The van der Waals surface area contributed by atoms with Crippen LogP contribution in [0, 0.1) is 0 Å². The van der Waals surface area contributed by atoms with Crippen molar-refractivity contribution in [2.24, 2.45) is 0 Å². The molecule has 102 valence electrons. The monoisotopic (exact) mass is 278 g/mol. The lowest BCUT2D eigenvalue weighted by Gasteiger charge is -2.08. The van der Waals surface area contributed by atoms with Gasteiger partial charge in [0.2, 0.25) is 0 Å². The van der Waals surface area contributed by atoms with Crippen LogP contribution >= 0.6 is 11.3 Å². The van der Waals surface area contributed by atoms with Gasteiger partial charge in [-0.1, -0.05) is 0 Å². The lowest BCUT2D eigenvalue weighted by atomic mass is 10.2. The van der Waals surface area contributed by atoms with Gasteiger partial charge in [0, 0.05) is 23.4 Å². The summed E-state index contributed by atoms with van der Waals surface area (Å²) in [5.74, 6) is 0. The van der Waals surface area contributed by atoms with Crippen LogP contribution < -0.4 is 11.1 Å². The summed E-state index contributed by atoms with van der Waals surface area (Å²) in [4.78, 5) is 1.16. The summed E-state index contributed by atoms with van der Waals surface area (Å²) in [7, 11) is 0. The molecule has 5 nitrogen and oxygen atoms in total. The van der Waals surface area contributed by atoms with Crippen LogP contribution in [0.3, 0.4) is 0 Å². The maximum absolute atomic E-state index is 5.85. The molecule has 1 fully saturated rings. The SMILES string of the molecule is Nc1ccsc1CNc1cnn(CC2CCCO2)c1. The molecule has 0 spiro atoms. The Labute approximate surface area is 116 Å². The van der Waals surface area contributed by atoms with Gasteiger partial charge < -0.3 is 15.8 Å². The summed E-state index contributed by atoms with van der Waals surface area (Å²) in [6.07, 6.45) is 6.48. The van der Waals surface area contributed by atoms with Gasteiger partial charge in [-0.3, -0.25) is 4.68 Å². The molecule has 1 unspecified atom stereocenters. The zero-order valence-corrected chi connectivity index (χ0v) is 11.5. The standard InChI is InChI=1S/C13H18N4OS/c14-12-3-5-19-13(12)7-15-10-6-16-17(8-10)9-11-2-1-4-18-11/h3,5-6,8,11,15H,1-2,4,7,9,14H2. The molecule has 0 aliphatic carbocycles. The third-order valence-corrected chi connectivity index (χ3v) is 4.22. The van der Waals surface area contributed by atoms with Gasteiger partial charge in [0.1, 0.15) is 0 Å². The van der Waals surface area contributed by atoms with Crippen LogP contribution in [0.2, 0.25) is 0 Å². The molecule has 2 aromatic rings. The molecule has 3 N–H and O–H groups in total. The van der Waals surface area contributed by atoms with E-state index in [-0.39, 0.29) is 0 Å². The average molecular weight is 278 g/mol. The highest BCUT2D eigenvalue weighted by atomic mass is 32.1. The van der Waals surface area contributed by atoms with E-state index < -0.39 is 0 Å². The number of hydrogen-bond donors (Lipinski definition) is 2. The van der Waals surface area contributed by atoms with Crippen molar-refractivity contribution in [1.82, 2.24) is 9.78 Å². The van der Waals surface area contributed by atoms with E-state index in [1.54, 1.807) is 11.3 Å². The summed E-state index contributed by atoms with van der Waals surface area (Å²) in [5, 5.41) is 9.69. The third-order valence-electron chi connectivity index (χ3n) is 3.28. The number of ether oxygens (including phenoxy) is 1. The molecular weight excluding hydrogens is 260 g/mol. The predicted molar refractivity (Wildman–Crippen MR) is 77.3 cm³/mol. The molecule has 3 heterocycles. The fourth-order valence-corrected chi connectivity index (χ4v) is 2.97. The Kier molecular flexibility index (Phi) is 3.70. The largest absolute Gasteiger partial charge is 0.398 e. The number of rotatable bonds is 5. The van der Waals surface area contributed by atoms with Gasteiger partial charge in [0.15, 0.2) is 0 Å². The molecule has 6 heteroatoms. The molecule has 1 saturated heterocycles. The van der Waals surface area contributed by atoms with Gasteiger partial charge in [-0.15, -0.1) is 11.3 Å². The van der Waals surface area contributed by atoms with Crippen LogP contribution in [-0.4, -0.2) is 22.5 Å². The van der Waals surface area contributed by atoms with Crippen LogP contribution in [0.1, 0.15) is 17.7 Å². The van der Waals surface area contributed by atoms with Gasteiger partial charge in [-0.2, -0.15) is 5.10 Å². The molecule has 1 aliphatic heterocycles. The van der Waals surface area contributed by atoms with E-state index in [1.165, 1.54) is 0 Å². The van der Waals surface area contributed by atoms with Crippen molar-refractivity contribution in [3.05, 3.63) is 28.7 Å². The molecule has 3 rings (SSSR count). The van der Waals surface area contributed by atoms with E-state index in [1.807, 2.05) is 28.5 Å². The number of anilines is 2. The minimum Gasteiger partial charge on any atom is -0.398 e. The second-order valence-electron chi connectivity index (χ2n) is 4.74. The minimum atomic E-state index is 0.320. The van der Waals surface area contributed by atoms with E-state index in [0.29, 0.717) is 6.10 Å². The number of nitrogen functional groups attached to an aromatic ring is 1. The zero-order valence-electron chi connectivity index (χ0n) is 10.7. The Hall–Kier alpha value is -1.53. The van der Waals surface area contributed by atoms with E-state index in [2.05, 4.69) is 10.4 Å². The van der Waals surface area contributed by atoms with Gasteiger partial charge >= 0.3 is 0 Å². The second-order valence-corrected chi connectivity index (χ2v) is 5.74. The van der Waals surface area contributed by atoms with E-state index in [0.717, 1.165) is 48.8 Å². The Bertz CT molecular complexity index is 530. The number of thiophene rings is 1. The molecule has 1 atom stereocenters. The fourth-order valence-electron chi connectivity index (χ4n) is 2.23. The Morgan fingerprint density at radius 1 is 1.58 bits per heavy atom.